The van der Waals surface area contributed by atoms with E-state index in [0.717, 1.165) is 5.56 Å². The van der Waals surface area contributed by atoms with E-state index in [4.69, 9.17) is 18.9 Å². The van der Waals surface area contributed by atoms with Crippen LogP contribution in [0.4, 0.5) is 0 Å². The number of amides is 1. The summed E-state index contributed by atoms with van der Waals surface area (Å²) in [6.07, 6.45) is -0.0186. The first-order chi connectivity index (χ1) is 19.3. The fraction of sp³-hybridized carbons (Fsp3) is 0.312. The average Bonchev–Trinajstić information content (AvgIpc) is 3.18. The van der Waals surface area contributed by atoms with Crippen molar-refractivity contribution in [1.29, 1.82) is 0 Å². The smallest absolute Gasteiger partial charge is 0.295 e. The Kier molecular flexibility index (Phi) is 8.99. The SMILES string of the molecule is CCOc1ccc(/C(O)=C2/C(=O)C(=O)N(Cc3cccc(OC(C)C)c3)C2c2cccc(OC)c2)c(OCC)c1. The summed E-state index contributed by atoms with van der Waals surface area (Å²) >= 11 is 0. The van der Waals surface area contributed by atoms with Crippen LogP contribution in [0.2, 0.25) is 0 Å². The maximum Gasteiger partial charge on any atom is 0.295 e. The summed E-state index contributed by atoms with van der Waals surface area (Å²) < 4.78 is 22.6. The van der Waals surface area contributed by atoms with Crippen LogP contribution in [0.5, 0.6) is 23.0 Å². The van der Waals surface area contributed by atoms with Gasteiger partial charge in [-0.05, 0) is 75.2 Å². The third-order valence-electron chi connectivity index (χ3n) is 6.39. The number of ketones is 1. The molecule has 4 rings (SSSR count). The van der Waals surface area contributed by atoms with E-state index < -0.39 is 17.7 Å². The van der Waals surface area contributed by atoms with Crippen LogP contribution in [-0.2, 0) is 16.1 Å². The van der Waals surface area contributed by atoms with E-state index >= 15 is 0 Å². The van der Waals surface area contributed by atoms with E-state index in [1.165, 1.54) is 4.90 Å². The molecule has 0 bridgehead atoms. The molecule has 1 aliphatic heterocycles. The molecule has 3 aromatic carbocycles. The summed E-state index contributed by atoms with van der Waals surface area (Å²) in [7, 11) is 1.55. The number of hydrogen-bond donors (Lipinski definition) is 1. The molecule has 1 atom stereocenters. The molecular formula is C32H35NO7. The molecule has 0 aromatic heterocycles. The van der Waals surface area contributed by atoms with E-state index in [-0.39, 0.29) is 24.0 Å². The molecule has 1 aliphatic rings. The maximum absolute atomic E-state index is 13.6. The number of aliphatic hydroxyl groups excluding tert-OH is 1. The zero-order chi connectivity index (χ0) is 28.8. The van der Waals surface area contributed by atoms with Crippen molar-refractivity contribution < 1.29 is 33.6 Å². The lowest BCUT2D eigenvalue weighted by Gasteiger charge is -2.26. The van der Waals surface area contributed by atoms with Crippen LogP contribution in [0.25, 0.3) is 5.76 Å². The topological polar surface area (TPSA) is 94.5 Å². The second-order valence-electron chi connectivity index (χ2n) is 9.54. The number of likely N-dealkylation sites (tertiary alicyclic amines) is 1. The number of aliphatic hydroxyl groups is 1. The standard InChI is InChI=1S/C32H35NO7/c1-6-38-24-14-15-26(27(18-24)39-7-2)30(34)28-29(22-11-9-12-23(17-22)37-5)33(32(36)31(28)35)19-21-10-8-13-25(16-21)40-20(3)4/h8-18,20,29,34H,6-7,19H2,1-5H3/b30-28-. The first-order valence-corrected chi connectivity index (χ1v) is 13.3. The van der Waals surface area contributed by atoms with Crippen LogP contribution >= 0.6 is 0 Å². The predicted octanol–water partition coefficient (Wildman–Crippen LogP) is 5.90. The van der Waals surface area contributed by atoms with Gasteiger partial charge < -0.3 is 29.0 Å². The predicted molar refractivity (Wildman–Crippen MR) is 152 cm³/mol. The second kappa shape index (κ2) is 12.6. The van der Waals surface area contributed by atoms with Gasteiger partial charge in [-0.2, -0.15) is 0 Å². The van der Waals surface area contributed by atoms with Gasteiger partial charge in [0.05, 0.1) is 43.6 Å². The number of methoxy groups -OCH3 is 1. The molecule has 1 unspecified atom stereocenters. The van der Waals surface area contributed by atoms with E-state index in [9.17, 15) is 14.7 Å². The van der Waals surface area contributed by atoms with E-state index in [1.807, 2.05) is 52.0 Å². The molecule has 1 heterocycles. The number of ether oxygens (including phenoxy) is 4. The first-order valence-electron chi connectivity index (χ1n) is 13.3. The number of carbonyl (C=O) groups excluding carboxylic acids is 2. The van der Waals surface area contributed by atoms with Crippen molar-refractivity contribution in [1.82, 2.24) is 4.90 Å². The zero-order valence-electron chi connectivity index (χ0n) is 23.5. The fourth-order valence-electron chi connectivity index (χ4n) is 4.76. The summed E-state index contributed by atoms with van der Waals surface area (Å²) in [4.78, 5) is 28.6. The number of carbonyl (C=O) groups is 2. The third-order valence-corrected chi connectivity index (χ3v) is 6.39. The monoisotopic (exact) mass is 545 g/mol. The van der Waals surface area contributed by atoms with E-state index in [0.29, 0.717) is 47.3 Å². The van der Waals surface area contributed by atoms with E-state index in [2.05, 4.69) is 0 Å². The number of rotatable bonds is 11. The lowest BCUT2D eigenvalue weighted by atomic mass is 9.94. The highest BCUT2D eigenvalue weighted by molar-refractivity contribution is 6.46. The Bertz CT molecular complexity index is 1410. The Morgan fingerprint density at radius 3 is 2.33 bits per heavy atom. The Labute approximate surface area is 234 Å². The number of benzene rings is 3. The summed E-state index contributed by atoms with van der Waals surface area (Å²) in [5.74, 6) is 0.321. The van der Waals surface area contributed by atoms with E-state index in [1.54, 1.807) is 49.6 Å². The van der Waals surface area contributed by atoms with Crippen LogP contribution in [0.3, 0.4) is 0 Å². The van der Waals surface area contributed by atoms with Crippen molar-refractivity contribution in [3.05, 3.63) is 89.0 Å². The van der Waals surface area contributed by atoms with Crippen molar-refractivity contribution in [2.75, 3.05) is 20.3 Å². The molecule has 1 amide bonds. The highest BCUT2D eigenvalue weighted by Crippen LogP contribution is 2.43. The van der Waals surface area contributed by atoms with Crippen molar-refractivity contribution in [2.24, 2.45) is 0 Å². The quantitative estimate of drug-likeness (QED) is 0.182. The summed E-state index contributed by atoms with van der Waals surface area (Å²) in [5.41, 5.74) is 1.67. The molecule has 0 aliphatic carbocycles. The molecule has 1 N–H and O–H groups in total. The van der Waals surface area contributed by atoms with Crippen molar-refractivity contribution in [2.45, 2.75) is 46.4 Å². The van der Waals surface area contributed by atoms with Crippen LogP contribution in [0.1, 0.15) is 50.4 Å². The first kappa shape index (κ1) is 28.5. The molecule has 3 aromatic rings. The largest absolute Gasteiger partial charge is 0.507 e. The van der Waals surface area contributed by atoms with Gasteiger partial charge >= 0.3 is 0 Å². The van der Waals surface area contributed by atoms with Gasteiger partial charge in [0.25, 0.3) is 11.7 Å². The Morgan fingerprint density at radius 1 is 0.900 bits per heavy atom. The highest BCUT2D eigenvalue weighted by Gasteiger charge is 2.46. The second-order valence-corrected chi connectivity index (χ2v) is 9.54. The Hall–Kier alpha value is -4.46. The minimum Gasteiger partial charge on any atom is -0.507 e. The number of nitrogens with zero attached hydrogens (tertiary/aromatic N) is 1. The van der Waals surface area contributed by atoms with Crippen molar-refractivity contribution >= 4 is 17.4 Å². The molecule has 40 heavy (non-hydrogen) atoms. The van der Waals surface area contributed by atoms with Crippen LogP contribution < -0.4 is 18.9 Å². The van der Waals surface area contributed by atoms with Gasteiger partial charge in [-0.15, -0.1) is 0 Å². The molecule has 0 radical (unpaired) electrons. The lowest BCUT2D eigenvalue weighted by molar-refractivity contribution is -0.140. The molecule has 210 valence electrons. The van der Waals surface area contributed by atoms with Gasteiger partial charge in [-0.1, -0.05) is 24.3 Å². The molecule has 1 saturated heterocycles. The van der Waals surface area contributed by atoms with Crippen molar-refractivity contribution in [3.63, 3.8) is 0 Å². The summed E-state index contributed by atoms with van der Waals surface area (Å²) in [5, 5.41) is 11.6. The van der Waals surface area contributed by atoms with Gasteiger partial charge in [-0.3, -0.25) is 9.59 Å². The van der Waals surface area contributed by atoms with Gasteiger partial charge in [0, 0.05) is 12.6 Å². The molecule has 0 saturated carbocycles. The normalized spacial score (nSPS) is 16.4. The molecule has 8 heteroatoms. The molecular weight excluding hydrogens is 510 g/mol. The van der Waals surface area contributed by atoms with Crippen LogP contribution in [0, 0.1) is 0 Å². The number of Topliss-reactive ketones (excluding diaryl/α,β-unsaturated/α-hetero) is 1. The van der Waals surface area contributed by atoms with Crippen LogP contribution in [0.15, 0.2) is 72.3 Å². The average molecular weight is 546 g/mol. The summed E-state index contributed by atoms with van der Waals surface area (Å²) in [6.45, 7) is 8.48. The minimum atomic E-state index is -0.870. The van der Waals surface area contributed by atoms with Gasteiger partial charge in [0.2, 0.25) is 0 Å². The molecule has 8 nitrogen and oxygen atoms in total. The Balaban J connectivity index is 1.86. The van der Waals surface area contributed by atoms with Gasteiger partial charge in [0.1, 0.15) is 28.8 Å². The minimum absolute atomic E-state index is 0.0186. The van der Waals surface area contributed by atoms with Gasteiger partial charge in [0.15, 0.2) is 0 Å². The maximum atomic E-state index is 13.6. The zero-order valence-corrected chi connectivity index (χ0v) is 23.5. The number of hydrogen-bond acceptors (Lipinski definition) is 7. The lowest BCUT2D eigenvalue weighted by Crippen LogP contribution is -2.29. The molecule has 0 spiro atoms. The Morgan fingerprint density at radius 2 is 1.62 bits per heavy atom. The fourth-order valence-corrected chi connectivity index (χ4v) is 4.76. The summed E-state index contributed by atoms with van der Waals surface area (Å²) in [6, 6.07) is 18.7. The van der Waals surface area contributed by atoms with Gasteiger partial charge in [-0.25, -0.2) is 0 Å². The highest BCUT2D eigenvalue weighted by atomic mass is 16.5. The molecule has 1 fully saturated rings. The van der Waals surface area contributed by atoms with Crippen molar-refractivity contribution in [3.8, 4) is 23.0 Å². The van der Waals surface area contributed by atoms with Crippen LogP contribution in [-0.4, -0.2) is 48.1 Å². The third kappa shape index (κ3) is 6.06.